The van der Waals surface area contributed by atoms with E-state index in [4.69, 9.17) is 27.9 Å². The van der Waals surface area contributed by atoms with Crippen molar-refractivity contribution in [3.63, 3.8) is 0 Å². The molecule has 4 nitrogen and oxygen atoms in total. The number of benzene rings is 1. The molecule has 1 aliphatic carbocycles. The molecule has 122 valence electrons. The van der Waals surface area contributed by atoms with Crippen molar-refractivity contribution in [2.24, 2.45) is 11.3 Å². The maximum atomic E-state index is 12.4. The summed E-state index contributed by atoms with van der Waals surface area (Å²) in [5.41, 5.74) is 0.835. The van der Waals surface area contributed by atoms with Crippen molar-refractivity contribution in [2.45, 2.75) is 19.3 Å². The monoisotopic (exact) mass is 364 g/mol. The Kier molecular flexibility index (Phi) is 5.49. The molecule has 22 heavy (non-hydrogen) atoms. The molecule has 1 unspecified atom stereocenters. The van der Waals surface area contributed by atoms with Gasteiger partial charge in [-0.15, -0.1) is 12.4 Å². The molecule has 2 aliphatic rings. The van der Waals surface area contributed by atoms with Gasteiger partial charge in [0.2, 0.25) is 5.91 Å². The number of rotatable bonds is 3. The van der Waals surface area contributed by atoms with Gasteiger partial charge < -0.3 is 15.4 Å². The number of nitrogens with one attached hydrogen (secondary N) is 2. The van der Waals surface area contributed by atoms with Crippen LogP contribution in [0.1, 0.15) is 19.3 Å². The van der Waals surface area contributed by atoms with Gasteiger partial charge in [0.1, 0.15) is 0 Å². The van der Waals surface area contributed by atoms with Gasteiger partial charge in [-0.25, -0.2) is 0 Å². The van der Waals surface area contributed by atoms with Gasteiger partial charge in [0, 0.05) is 11.6 Å². The smallest absolute Gasteiger partial charge is 0.228 e. The normalized spacial score (nSPS) is 21.9. The minimum atomic E-state index is 0. The zero-order chi connectivity index (χ0) is 15.0. The lowest BCUT2D eigenvalue weighted by atomic mass is 9.92. The third kappa shape index (κ3) is 3.30. The van der Waals surface area contributed by atoms with Crippen LogP contribution < -0.4 is 15.4 Å². The number of hydrogen-bond acceptors (Lipinski definition) is 3. The van der Waals surface area contributed by atoms with E-state index in [0.717, 1.165) is 32.4 Å². The molecular formula is C15H19Cl3N2O2. The van der Waals surface area contributed by atoms with Crippen LogP contribution in [0, 0.1) is 11.3 Å². The van der Waals surface area contributed by atoms with Gasteiger partial charge in [-0.2, -0.15) is 0 Å². The van der Waals surface area contributed by atoms with Crippen LogP contribution in [-0.2, 0) is 4.79 Å². The van der Waals surface area contributed by atoms with E-state index >= 15 is 0 Å². The lowest BCUT2D eigenvalue weighted by Crippen LogP contribution is -2.31. The van der Waals surface area contributed by atoms with Gasteiger partial charge in [0.25, 0.3) is 0 Å². The van der Waals surface area contributed by atoms with E-state index in [1.165, 1.54) is 7.11 Å². The topological polar surface area (TPSA) is 50.4 Å². The second kappa shape index (κ2) is 6.83. The first-order valence-electron chi connectivity index (χ1n) is 7.10. The number of hydrogen-bond donors (Lipinski definition) is 2. The van der Waals surface area contributed by atoms with Gasteiger partial charge >= 0.3 is 0 Å². The second-order valence-corrected chi connectivity index (χ2v) is 6.65. The van der Waals surface area contributed by atoms with E-state index in [0.29, 0.717) is 21.5 Å². The molecule has 1 spiro atoms. The molecule has 1 saturated heterocycles. The van der Waals surface area contributed by atoms with Crippen molar-refractivity contribution >= 4 is 47.2 Å². The molecule has 1 amide bonds. The Morgan fingerprint density at radius 1 is 1.32 bits per heavy atom. The summed E-state index contributed by atoms with van der Waals surface area (Å²) in [4.78, 5) is 12.4. The molecule has 1 saturated carbocycles. The van der Waals surface area contributed by atoms with Crippen LogP contribution in [0.15, 0.2) is 12.1 Å². The van der Waals surface area contributed by atoms with Crippen molar-refractivity contribution in [3.8, 4) is 5.75 Å². The number of piperidine rings is 1. The minimum Gasteiger partial charge on any atom is -0.494 e. The van der Waals surface area contributed by atoms with Crippen LogP contribution >= 0.6 is 35.6 Å². The lowest BCUT2D eigenvalue weighted by Gasteiger charge is -2.23. The van der Waals surface area contributed by atoms with E-state index in [-0.39, 0.29) is 29.6 Å². The molecular weight excluding hydrogens is 347 g/mol. The first-order chi connectivity index (χ1) is 10.1. The Balaban J connectivity index is 0.00000176. The number of ether oxygens (including phenoxy) is 1. The molecule has 7 heteroatoms. The molecule has 1 heterocycles. The Morgan fingerprint density at radius 3 is 2.45 bits per heavy atom. The highest BCUT2D eigenvalue weighted by atomic mass is 35.5. The summed E-state index contributed by atoms with van der Waals surface area (Å²) in [5.74, 6) is 0.603. The molecule has 1 aliphatic heterocycles. The average Bonchev–Trinajstić information content (AvgIpc) is 3.13. The standard InChI is InChI=1S/C15H18Cl2N2O2.ClH/c1-21-13-11(16)6-9(7-12(13)17)19-14(20)10-8-15(10)2-4-18-5-3-15;/h6-7,10,18H,2-5,8H2,1H3,(H,19,20);1H. The SMILES string of the molecule is COc1c(Cl)cc(NC(=O)C2CC23CCNCC3)cc1Cl.Cl. The van der Waals surface area contributed by atoms with Crippen LogP contribution in [0.4, 0.5) is 5.69 Å². The molecule has 1 atom stereocenters. The number of halogens is 3. The van der Waals surface area contributed by atoms with Gasteiger partial charge in [-0.05, 0) is 49.9 Å². The minimum absolute atomic E-state index is 0. The Hall–Kier alpha value is -0.680. The van der Waals surface area contributed by atoms with Crippen molar-refractivity contribution in [1.82, 2.24) is 5.32 Å². The number of anilines is 1. The summed E-state index contributed by atoms with van der Waals surface area (Å²) in [7, 11) is 1.51. The van der Waals surface area contributed by atoms with Gasteiger partial charge in [-0.1, -0.05) is 23.2 Å². The van der Waals surface area contributed by atoms with Gasteiger partial charge in [0.05, 0.1) is 17.2 Å². The maximum absolute atomic E-state index is 12.4. The van der Waals surface area contributed by atoms with Crippen molar-refractivity contribution < 1.29 is 9.53 Å². The van der Waals surface area contributed by atoms with E-state index in [1.54, 1.807) is 12.1 Å². The predicted molar refractivity (Wildman–Crippen MR) is 91.5 cm³/mol. The number of carbonyl (C=O) groups is 1. The largest absolute Gasteiger partial charge is 0.494 e. The summed E-state index contributed by atoms with van der Waals surface area (Å²) in [6.07, 6.45) is 3.14. The number of methoxy groups -OCH3 is 1. The second-order valence-electron chi connectivity index (χ2n) is 5.83. The fourth-order valence-electron chi connectivity index (χ4n) is 3.25. The summed E-state index contributed by atoms with van der Waals surface area (Å²) in [5, 5.41) is 7.05. The molecule has 0 bridgehead atoms. The fourth-order valence-corrected chi connectivity index (χ4v) is 3.89. The van der Waals surface area contributed by atoms with Crippen molar-refractivity contribution in [1.29, 1.82) is 0 Å². The zero-order valence-corrected chi connectivity index (χ0v) is 14.6. The van der Waals surface area contributed by atoms with E-state index in [2.05, 4.69) is 10.6 Å². The Morgan fingerprint density at radius 2 is 1.91 bits per heavy atom. The van der Waals surface area contributed by atoms with Crippen LogP contribution in [0.3, 0.4) is 0 Å². The molecule has 3 rings (SSSR count). The van der Waals surface area contributed by atoms with Crippen LogP contribution in [0.25, 0.3) is 0 Å². The lowest BCUT2D eigenvalue weighted by molar-refractivity contribution is -0.118. The van der Waals surface area contributed by atoms with E-state index in [9.17, 15) is 4.79 Å². The average molecular weight is 366 g/mol. The molecule has 0 radical (unpaired) electrons. The summed E-state index contributed by atoms with van der Waals surface area (Å²) >= 11 is 12.2. The van der Waals surface area contributed by atoms with E-state index in [1.807, 2.05) is 0 Å². The third-order valence-electron chi connectivity index (χ3n) is 4.58. The predicted octanol–water partition coefficient (Wildman–Crippen LogP) is 3.75. The fraction of sp³-hybridized carbons (Fsp3) is 0.533. The maximum Gasteiger partial charge on any atom is 0.228 e. The first kappa shape index (κ1) is 17.7. The number of amides is 1. The molecule has 1 aromatic carbocycles. The van der Waals surface area contributed by atoms with Crippen molar-refractivity contribution in [3.05, 3.63) is 22.2 Å². The van der Waals surface area contributed by atoms with Gasteiger partial charge in [-0.3, -0.25) is 4.79 Å². The molecule has 0 aromatic heterocycles. The Labute approximate surface area is 146 Å². The zero-order valence-electron chi connectivity index (χ0n) is 12.2. The summed E-state index contributed by atoms with van der Waals surface area (Å²) in [6, 6.07) is 3.34. The molecule has 2 fully saturated rings. The highest BCUT2D eigenvalue weighted by Gasteiger charge is 2.57. The van der Waals surface area contributed by atoms with Crippen molar-refractivity contribution in [2.75, 3.05) is 25.5 Å². The Bertz CT molecular complexity index is 551. The number of carbonyl (C=O) groups excluding carboxylic acids is 1. The van der Waals surface area contributed by atoms with Crippen LogP contribution in [0.2, 0.25) is 10.0 Å². The molecule has 2 N–H and O–H groups in total. The highest BCUT2D eigenvalue weighted by molar-refractivity contribution is 6.37. The molecule has 1 aromatic rings. The summed E-state index contributed by atoms with van der Waals surface area (Å²) in [6.45, 7) is 2.01. The summed E-state index contributed by atoms with van der Waals surface area (Å²) < 4.78 is 5.10. The van der Waals surface area contributed by atoms with Crippen LogP contribution in [-0.4, -0.2) is 26.1 Å². The highest BCUT2D eigenvalue weighted by Crippen LogP contribution is 2.58. The van der Waals surface area contributed by atoms with Gasteiger partial charge in [0.15, 0.2) is 5.75 Å². The third-order valence-corrected chi connectivity index (χ3v) is 5.14. The van der Waals surface area contributed by atoms with Crippen LogP contribution in [0.5, 0.6) is 5.75 Å². The van der Waals surface area contributed by atoms with E-state index < -0.39 is 0 Å². The first-order valence-corrected chi connectivity index (χ1v) is 7.86. The quantitative estimate of drug-likeness (QED) is 0.857.